The Morgan fingerprint density at radius 1 is 0.415 bits per heavy atom. The van der Waals surface area contributed by atoms with Gasteiger partial charge in [-0.3, -0.25) is 0 Å². The van der Waals surface area contributed by atoms with Crippen LogP contribution in [0.3, 0.4) is 0 Å². The van der Waals surface area contributed by atoms with Gasteiger partial charge in [0, 0.05) is 22.6 Å². The first-order valence-electron chi connectivity index (χ1n) is 22.3. The maximum absolute atomic E-state index is 10.4. The maximum Gasteiger partial charge on any atom is 0.0992 e. The van der Waals surface area contributed by atoms with E-state index in [0.717, 1.165) is 89.4 Å². The number of anilines is 6. The Kier molecular flexibility index (Phi) is 9.31. The molecule has 0 saturated heterocycles. The molecule has 0 unspecified atom stereocenters. The molecule has 0 atom stereocenters. The maximum atomic E-state index is 10.4. The van der Waals surface area contributed by atoms with Gasteiger partial charge in [-0.1, -0.05) is 154 Å². The first-order chi connectivity index (χ1) is 31.6. The third-order valence-corrected chi connectivity index (χ3v) is 13.4. The number of nitrogens with zero attached hydrogens (tertiary/aromatic N) is 4. The molecule has 310 valence electrons. The molecule has 1 heterocycles. The van der Waals surface area contributed by atoms with Gasteiger partial charge < -0.3 is 9.80 Å². The van der Waals surface area contributed by atoms with Crippen molar-refractivity contribution in [2.75, 3.05) is 9.80 Å². The number of rotatable bonds is 4. The number of hydrogen-bond donors (Lipinski definition) is 0. The van der Waals surface area contributed by atoms with Crippen molar-refractivity contribution in [2.45, 2.75) is 46.5 Å². The molecule has 10 aromatic rings. The summed E-state index contributed by atoms with van der Waals surface area (Å²) in [7, 11) is 0. The summed E-state index contributed by atoms with van der Waals surface area (Å²) < 4.78 is 0. The Morgan fingerprint density at radius 3 is 1.31 bits per heavy atom. The van der Waals surface area contributed by atoms with Crippen molar-refractivity contribution in [3.8, 4) is 34.4 Å². The fraction of sp³-hybridized carbons (Fsp3) is 0.115. The molecule has 10 aromatic carbocycles. The van der Waals surface area contributed by atoms with Crippen LogP contribution in [0.4, 0.5) is 34.1 Å². The van der Waals surface area contributed by atoms with Crippen molar-refractivity contribution < 1.29 is 0 Å². The quantitative estimate of drug-likeness (QED) is 0.166. The van der Waals surface area contributed by atoms with Crippen LogP contribution < -0.4 is 9.80 Å². The Hall–Kier alpha value is -8.18. The summed E-state index contributed by atoms with van der Waals surface area (Å²) in [5.74, 6) is 0. The lowest BCUT2D eigenvalue weighted by Gasteiger charge is -2.37. The minimum Gasteiger partial charge on any atom is -0.309 e. The predicted molar refractivity (Wildman–Crippen MR) is 271 cm³/mol. The van der Waals surface area contributed by atoms with E-state index in [-0.39, 0.29) is 5.41 Å². The zero-order chi connectivity index (χ0) is 44.6. The highest BCUT2D eigenvalue weighted by Gasteiger charge is 2.30. The molecule has 0 aromatic heterocycles. The molecule has 0 fully saturated rings. The van der Waals surface area contributed by atoms with Gasteiger partial charge >= 0.3 is 0 Å². The normalized spacial score (nSPS) is 12.5. The number of nitriles is 2. The minimum absolute atomic E-state index is 0.0434. The van der Waals surface area contributed by atoms with E-state index >= 15 is 0 Å². The topological polar surface area (TPSA) is 54.1 Å². The molecule has 11 rings (SSSR count). The highest BCUT2D eigenvalue weighted by Crippen LogP contribution is 2.54. The molecule has 65 heavy (non-hydrogen) atoms. The highest BCUT2D eigenvalue weighted by atomic mass is 15.2. The third-order valence-electron chi connectivity index (χ3n) is 13.4. The third kappa shape index (κ3) is 6.66. The second kappa shape index (κ2) is 15.3. The summed E-state index contributed by atoms with van der Waals surface area (Å²) >= 11 is 0. The van der Waals surface area contributed by atoms with E-state index < -0.39 is 0 Å². The summed E-state index contributed by atoms with van der Waals surface area (Å²) in [6.07, 6.45) is 0.617. The van der Waals surface area contributed by atoms with E-state index in [1.165, 1.54) is 27.1 Å². The Labute approximate surface area is 380 Å². The lowest BCUT2D eigenvalue weighted by atomic mass is 9.83. The molecule has 4 nitrogen and oxygen atoms in total. The van der Waals surface area contributed by atoms with Crippen molar-refractivity contribution in [1.82, 2.24) is 0 Å². The largest absolute Gasteiger partial charge is 0.309 e. The van der Waals surface area contributed by atoms with Gasteiger partial charge in [0.1, 0.15) is 0 Å². The van der Waals surface area contributed by atoms with E-state index in [1.54, 1.807) is 0 Å². The molecular weight excluding hydrogens is 789 g/mol. The fourth-order valence-corrected chi connectivity index (χ4v) is 9.97. The zero-order valence-electron chi connectivity index (χ0n) is 37.2. The number of benzene rings is 10. The zero-order valence-corrected chi connectivity index (χ0v) is 37.2. The van der Waals surface area contributed by atoms with Gasteiger partial charge in [0.05, 0.1) is 57.4 Å². The Bertz CT molecular complexity index is 3380. The van der Waals surface area contributed by atoms with Crippen LogP contribution in [0.1, 0.15) is 59.7 Å². The van der Waals surface area contributed by atoms with Crippen LogP contribution in [0.5, 0.6) is 0 Å². The van der Waals surface area contributed by atoms with Gasteiger partial charge in [0.15, 0.2) is 0 Å². The summed E-state index contributed by atoms with van der Waals surface area (Å²) in [6.45, 7) is 11.1. The van der Waals surface area contributed by atoms with Crippen molar-refractivity contribution in [3.05, 3.63) is 215 Å². The van der Waals surface area contributed by atoms with Crippen LogP contribution >= 0.6 is 0 Å². The average Bonchev–Trinajstić information content (AvgIpc) is 3.33. The summed E-state index contributed by atoms with van der Waals surface area (Å²) in [6, 6.07) is 68.3. The summed E-state index contributed by atoms with van der Waals surface area (Å²) in [4.78, 5) is 4.85. The monoisotopic (exact) mass is 834 g/mol. The van der Waals surface area contributed by atoms with Crippen LogP contribution in [0.25, 0.3) is 54.6 Å². The fourth-order valence-electron chi connectivity index (χ4n) is 9.97. The van der Waals surface area contributed by atoms with E-state index in [0.29, 0.717) is 17.5 Å². The van der Waals surface area contributed by atoms with Crippen LogP contribution in [0, 0.1) is 36.5 Å². The SMILES string of the molecule is Cc1ccc(C#N)cc1N1c2cc(-c3ccccc3)ccc2Cc2ccc(-c3ccccc3)cc2N(c2cc(C#N)ccc2C)c2cc1c1ccc3cc(C(C)(C)C)cc4ccc2c1c34. The molecule has 1 aliphatic rings. The van der Waals surface area contributed by atoms with Gasteiger partial charge in [-0.2, -0.15) is 10.5 Å². The standard InChI is InChI=1S/C61H46N4/c1-38-16-18-40(36-62)28-53(38)64-55-33-44(42-12-8-6-9-13-42)20-22-46(55)30-47-23-21-45(43-14-10-7-11-15-43)34-56(47)65(54-29-41(37-63)19-17-39(54)2)58-35-57(64)51-26-24-48-31-50(61(3,4)5)32-49-25-27-52(58)60(51)59(48)49/h6-29,31-35H,30H2,1-5H3. The second-order valence-electron chi connectivity index (χ2n) is 18.6. The lowest BCUT2D eigenvalue weighted by Crippen LogP contribution is -2.20. The summed E-state index contributed by atoms with van der Waals surface area (Å²) in [5, 5.41) is 27.9. The minimum atomic E-state index is -0.0434. The molecule has 0 N–H and O–H groups in total. The van der Waals surface area contributed by atoms with E-state index in [1.807, 2.05) is 24.3 Å². The number of hydrogen-bond acceptors (Lipinski definition) is 4. The molecule has 0 spiro atoms. The Balaban J connectivity index is 1.36. The van der Waals surface area contributed by atoms with E-state index in [2.05, 4.69) is 208 Å². The van der Waals surface area contributed by atoms with Crippen LogP contribution in [-0.2, 0) is 11.8 Å². The van der Waals surface area contributed by atoms with Crippen molar-refractivity contribution >= 4 is 66.4 Å². The first kappa shape index (κ1) is 39.7. The van der Waals surface area contributed by atoms with Gasteiger partial charge in [0.2, 0.25) is 0 Å². The van der Waals surface area contributed by atoms with Gasteiger partial charge in [-0.05, 0) is 128 Å². The highest BCUT2D eigenvalue weighted by molar-refractivity contribution is 6.29. The molecule has 0 saturated carbocycles. The molecule has 2 bridgehead atoms. The first-order valence-corrected chi connectivity index (χ1v) is 22.3. The molecule has 4 heteroatoms. The molecule has 0 aliphatic carbocycles. The van der Waals surface area contributed by atoms with Crippen molar-refractivity contribution in [2.24, 2.45) is 0 Å². The molecular formula is C61H46N4. The second-order valence-corrected chi connectivity index (χ2v) is 18.6. The van der Waals surface area contributed by atoms with Gasteiger partial charge in [-0.25, -0.2) is 0 Å². The van der Waals surface area contributed by atoms with Crippen LogP contribution in [0.2, 0.25) is 0 Å². The Morgan fingerprint density at radius 2 is 0.877 bits per heavy atom. The van der Waals surface area contributed by atoms with Crippen molar-refractivity contribution in [3.63, 3.8) is 0 Å². The van der Waals surface area contributed by atoms with Gasteiger partial charge in [-0.15, -0.1) is 0 Å². The van der Waals surface area contributed by atoms with E-state index in [4.69, 9.17) is 0 Å². The average molecular weight is 835 g/mol. The van der Waals surface area contributed by atoms with Crippen LogP contribution in [0.15, 0.2) is 176 Å². The van der Waals surface area contributed by atoms with Gasteiger partial charge in [0.25, 0.3) is 0 Å². The summed E-state index contributed by atoms with van der Waals surface area (Å²) in [5.41, 5.74) is 17.3. The van der Waals surface area contributed by atoms with E-state index in [9.17, 15) is 10.5 Å². The molecule has 0 radical (unpaired) electrons. The number of aryl methyl sites for hydroxylation is 2. The number of fused-ring (bicyclic) bond motifs is 6. The van der Waals surface area contributed by atoms with Crippen LogP contribution in [-0.4, -0.2) is 0 Å². The molecule has 1 aliphatic heterocycles. The molecule has 0 amide bonds. The van der Waals surface area contributed by atoms with Crippen molar-refractivity contribution in [1.29, 1.82) is 10.5 Å². The lowest BCUT2D eigenvalue weighted by molar-refractivity contribution is 0.591. The smallest absolute Gasteiger partial charge is 0.0992 e. The predicted octanol–water partition coefficient (Wildman–Crippen LogP) is 16.4.